The number of rotatable bonds is 59. The van der Waals surface area contributed by atoms with Gasteiger partial charge in [0.1, 0.15) is 13.2 Å². The number of esters is 3. The molecule has 1 unspecified atom stereocenters. The molecule has 430 valence electrons. The average molecular weight is 1040 g/mol. The molecule has 0 aliphatic rings. The molecule has 6 nitrogen and oxygen atoms in total. The predicted molar refractivity (Wildman–Crippen MR) is 321 cm³/mol. The summed E-state index contributed by atoms with van der Waals surface area (Å²) in [5, 5.41) is 0. The maximum absolute atomic E-state index is 12.9. The molecule has 0 aliphatic heterocycles. The third-order valence-corrected chi connectivity index (χ3v) is 14.3. The van der Waals surface area contributed by atoms with E-state index in [4.69, 9.17) is 14.2 Å². The molecule has 0 bridgehead atoms. The minimum absolute atomic E-state index is 0.0813. The summed E-state index contributed by atoms with van der Waals surface area (Å²) >= 11 is 0. The number of carbonyl (C=O) groups excluding carboxylic acids is 3. The van der Waals surface area contributed by atoms with Crippen molar-refractivity contribution in [3.63, 3.8) is 0 Å². The molecule has 0 spiro atoms. The lowest BCUT2D eigenvalue weighted by Crippen LogP contribution is -2.30. The fourth-order valence-electron chi connectivity index (χ4n) is 9.45. The largest absolute Gasteiger partial charge is 0.462 e. The molecule has 0 radical (unpaired) electrons. The average Bonchev–Trinajstić information content (AvgIpc) is 3.40. The van der Waals surface area contributed by atoms with Crippen LogP contribution in [0.25, 0.3) is 0 Å². The lowest BCUT2D eigenvalue weighted by Gasteiger charge is -2.18. The summed E-state index contributed by atoms with van der Waals surface area (Å²) in [6.45, 7) is 6.63. The highest BCUT2D eigenvalue weighted by Gasteiger charge is 2.19. The summed E-state index contributed by atoms with van der Waals surface area (Å²) in [7, 11) is 0. The van der Waals surface area contributed by atoms with Gasteiger partial charge in [-0.05, 0) is 70.6 Å². The summed E-state index contributed by atoms with van der Waals surface area (Å²) in [4.78, 5) is 38.3. The van der Waals surface area contributed by atoms with E-state index in [1.165, 1.54) is 212 Å². The van der Waals surface area contributed by atoms with Crippen LogP contribution in [0.2, 0.25) is 0 Å². The zero-order valence-electron chi connectivity index (χ0n) is 49.4. The smallest absolute Gasteiger partial charge is 0.306 e. The molecule has 0 amide bonds. The molecule has 6 heteroatoms. The second-order valence-corrected chi connectivity index (χ2v) is 21.8. The summed E-state index contributed by atoms with van der Waals surface area (Å²) in [5.74, 6) is -0.888. The van der Waals surface area contributed by atoms with Gasteiger partial charge in [-0.3, -0.25) is 14.4 Å². The van der Waals surface area contributed by atoms with Gasteiger partial charge in [0.05, 0.1) is 0 Å². The molecule has 1 atom stereocenters. The third kappa shape index (κ3) is 60.0. The molecule has 74 heavy (non-hydrogen) atoms. The van der Waals surface area contributed by atoms with E-state index in [1.54, 1.807) is 0 Å². The van der Waals surface area contributed by atoms with Crippen molar-refractivity contribution >= 4 is 17.9 Å². The van der Waals surface area contributed by atoms with Crippen LogP contribution in [0.3, 0.4) is 0 Å². The maximum atomic E-state index is 12.9. The van der Waals surface area contributed by atoms with Crippen molar-refractivity contribution in [2.75, 3.05) is 13.2 Å². The van der Waals surface area contributed by atoms with Gasteiger partial charge in [-0.15, -0.1) is 0 Å². The fourth-order valence-corrected chi connectivity index (χ4v) is 9.45. The molecule has 0 heterocycles. The topological polar surface area (TPSA) is 78.9 Å². The molecule has 0 aliphatic carbocycles. The van der Waals surface area contributed by atoms with E-state index >= 15 is 0 Å². The zero-order chi connectivity index (χ0) is 53.6. The lowest BCUT2D eigenvalue weighted by atomic mass is 10.0. The zero-order valence-corrected chi connectivity index (χ0v) is 49.4. The van der Waals surface area contributed by atoms with E-state index in [-0.39, 0.29) is 31.1 Å². The number of carbonyl (C=O) groups is 3. The Labute approximate surface area is 460 Å². The van der Waals surface area contributed by atoms with Crippen molar-refractivity contribution in [3.05, 3.63) is 60.8 Å². The molecular formula is C68H122O6. The highest BCUT2D eigenvalue weighted by Crippen LogP contribution is 2.17. The van der Waals surface area contributed by atoms with Gasteiger partial charge < -0.3 is 14.2 Å². The summed E-state index contributed by atoms with van der Waals surface area (Å²) in [6, 6.07) is 0. The second kappa shape index (κ2) is 62.6. The van der Waals surface area contributed by atoms with E-state index < -0.39 is 6.10 Å². The van der Waals surface area contributed by atoms with E-state index in [9.17, 15) is 14.4 Å². The van der Waals surface area contributed by atoms with Crippen LogP contribution in [0.1, 0.15) is 335 Å². The Kier molecular flexibility index (Phi) is 60.2. The Morgan fingerprint density at radius 2 is 0.500 bits per heavy atom. The Morgan fingerprint density at radius 1 is 0.270 bits per heavy atom. The molecule has 0 fully saturated rings. The standard InChI is InChI=1S/C68H122O6/c1-4-7-10-13-16-19-22-25-28-31-34-37-40-43-46-49-52-55-58-61-67(70)73-64-65(63-72-66(69)60-57-54-51-48-45-42-39-36-33-30-27-24-21-18-15-12-9-6-3)74-68(71)62-59-56-53-50-47-44-41-38-35-32-29-26-23-20-17-14-11-8-5-2/h18,21,24,27,30-31,33-34,36,39,65H,4-17,19-20,22-23,25-26,28-29,32,35,37-38,40-64H2,1-3H3/b21-18-,27-24-,33-30-,34-31-,39-36-. The first-order chi connectivity index (χ1) is 36.5. The van der Waals surface area contributed by atoms with Gasteiger partial charge in [0.15, 0.2) is 6.10 Å². The van der Waals surface area contributed by atoms with Gasteiger partial charge >= 0.3 is 17.9 Å². The molecule has 0 saturated heterocycles. The van der Waals surface area contributed by atoms with Crippen LogP contribution < -0.4 is 0 Å². The molecular weight excluding hydrogens is 913 g/mol. The van der Waals surface area contributed by atoms with Gasteiger partial charge in [-0.1, -0.05) is 306 Å². The van der Waals surface area contributed by atoms with Crippen LogP contribution >= 0.6 is 0 Å². The van der Waals surface area contributed by atoms with Crippen molar-refractivity contribution in [1.82, 2.24) is 0 Å². The van der Waals surface area contributed by atoms with Gasteiger partial charge in [0.2, 0.25) is 0 Å². The fraction of sp³-hybridized carbons (Fsp3) is 0.809. The van der Waals surface area contributed by atoms with Gasteiger partial charge in [-0.25, -0.2) is 0 Å². The molecule has 0 saturated carbocycles. The van der Waals surface area contributed by atoms with Crippen LogP contribution in [-0.2, 0) is 28.6 Å². The second-order valence-electron chi connectivity index (χ2n) is 21.8. The quantitative estimate of drug-likeness (QED) is 0.0199. The summed E-state index contributed by atoms with van der Waals surface area (Å²) in [6.07, 6.45) is 79.3. The molecule has 0 aromatic carbocycles. The Morgan fingerprint density at radius 3 is 0.824 bits per heavy atom. The maximum Gasteiger partial charge on any atom is 0.306 e. The van der Waals surface area contributed by atoms with Crippen molar-refractivity contribution in [2.24, 2.45) is 0 Å². The molecule has 0 aromatic heterocycles. The van der Waals surface area contributed by atoms with Crippen molar-refractivity contribution < 1.29 is 28.6 Å². The van der Waals surface area contributed by atoms with E-state index in [0.29, 0.717) is 19.3 Å². The Hall–Kier alpha value is -2.89. The molecule has 0 N–H and O–H groups in total. The van der Waals surface area contributed by atoms with Crippen LogP contribution in [0.15, 0.2) is 60.8 Å². The minimum atomic E-state index is -0.785. The molecule has 0 rings (SSSR count). The normalized spacial score (nSPS) is 12.4. The van der Waals surface area contributed by atoms with Crippen molar-refractivity contribution in [1.29, 1.82) is 0 Å². The van der Waals surface area contributed by atoms with E-state index in [1.807, 2.05) is 0 Å². The van der Waals surface area contributed by atoms with E-state index in [0.717, 1.165) is 83.5 Å². The summed E-state index contributed by atoms with van der Waals surface area (Å²) < 4.78 is 16.9. The first kappa shape index (κ1) is 71.1. The van der Waals surface area contributed by atoms with Gasteiger partial charge in [0, 0.05) is 19.3 Å². The lowest BCUT2D eigenvalue weighted by molar-refractivity contribution is -0.167. The van der Waals surface area contributed by atoms with Crippen molar-refractivity contribution in [3.8, 4) is 0 Å². The minimum Gasteiger partial charge on any atom is -0.462 e. The van der Waals surface area contributed by atoms with Crippen LogP contribution in [0, 0.1) is 0 Å². The SMILES string of the molecule is CCCCC\C=C/C=C\C=C/C=C\CCCCCCCC(=O)OCC(COC(=O)CCCCCCCCC/C=C\CCCCCCCCCC)OC(=O)CCCCCCCCCCCCCCCCCCCCC. The predicted octanol–water partition coefficient (Wildman–Crippen LogP) is 21.9. The Balaban J connectivity index is 4.40. The van der Waals surface area contributed by atoms with Crippen LogP contribution in [0.4, 0.5) is 0 Å². The molecule has 0 aromatic rings. The first-order valence-electron chi connectivity index (χ1n) is 32.3. The third-order valence-electron chi connectivity index (χ3n) is 14.3. The monoisotopic (exact) mass is 1030 g/mol. The van der Waals surface area contributed by atoms with Crippen LogP contribution in [0.5, 0.6) is 0 Å². The van der Waals surface area contributed by atoms with Crippen molar-refractivity contribution in [2.45, 2.75) is 341 Å². The number of hydrogen-bond acceptors (Lipinski definition) is 6. The first-order valence-corrected chi connectivity index (χ1v) is 32.3. The van der Waals surface area contributed by atoms with Crippen LogP contribution in [-0.4, -0.2) is 37.2 Å². The van der Waals surface area contributed by atoms with Gasteiger partial charge in [0.25, 0.3) is 0 Å². The highest BCUT2D eigenvalue weighted by molar-refractivity contribution is 5.71. The summed E-state index contributed by atoms with van der Waals surface area (Å²) in [5.41, 5.74) is 0. The van der Waals surface area contributed by atoms with E-state index in [2.05, 4.69) is 81.5 Å². The highest BCUT2D eigenvalue weighted by atomic mass is 16.6. The number of ether oxygens (including phenoxy) is 3. The number of hydrogen-bond donors (Lipinski definition) is 0. The number of unbranched alkanes of at least 4 members (excludes halogenated alkanes) is 41. The Bertz CT molecular complexity index is 1330. The van der Waals surface area contributed by atoms with Gasteiger partial charge in [-0.2, -0.15) is 0 Å². The number of allylic oxidation sites excluding steroid dienone is 10.